The predicted octanol–water partition coefficient (Wildman–Crippen LogP) is 5.55. The third-order valence-corrected chi connectivity index (χ3v) is 12.0. The van der Waals surface area contributed by atoms with Crippen molar-refractivity contribution in [3.63, 3.8) is 0 Å². The number of methoxy groups -OCH3 is 1. The van der Waals surface area contributed by atoms with Crippen LogP contribution in [0, 0.1) is 51.2 Å². The molecule has 0 heterocycles. The van der Waals surface area contributed by atoms with E-state index in [1.807, 2.05) is 0 Å². The van der Waals surface area contributed by atoms with Crippen LogP contribution in [0.1, 0.15) is 99.8 Å². The van der Waals surface area contributed by atoms with E-state index >= 15 is 0 Å². The molecule has 0 amide bonds. The maximum absolute atomic E-state index is 14.2. The van der Waals surface area contributed by atoms with Crippen LogP contribution in [0.5, 0.6) is 0 Å². The molecule has 202 valence electrons. The Labute approximate surface area is 216 Å². The van der Waals surface area contributed by atoms with E-state index in [2.05, 4.69) is 41.5 Å². The molecule has 6 heteroatoms. The molecule has 4 saturated carbocycles. The number of hydrogen-bond acceptors (Lipinski definition) is 6. The van der Waals surface area contributed by atoms with Crippen LogP contribution in [0.2, 0.25) is 0 Å². The minimum absolute atomic E-state index is 0.00457. The van der Waals surface area contributed by atoms with Crippen LogP contribution < -0.4 is 0 Å². The molecule has 36 heavy (non-hydrogen) atoms. The van der Waals surface area contributed by atoms with Crippen molar-refractivity contribution in [2.45, 2.75) is 106 Å². The van der Waals surface area contributed by atoms with Gasteiger partial charge in [-0.05, 0) is 66.1 Å². The van der Waals surface area contributed by atoms with Crippen LogP contribution in [0.3, 0.4) is 0 Å². The number of esters is 2. The summed E-state index contributed by atoms with van der Waals surface area (Å²) in [6.07, 6.45) is 5.30. The van der Waals surface area contributed by atoms with Gasteiger partial charge in [-0.25, -0.2) is 0 Å². The number of ketones is 2. The zero-order valence-electron chi connectivity index (χ0n) is 23.6. The molecular formula is C30H46O6. The summed E-state index contributed by atoms with van der Waals surface area (Å²) in [4.78, 5) is 51.8. The summed E-state index contributed by atoms with van der Waals surface area (Å²) in [5.74, 6) is 0.0372. The molecule has 4 rings (SSSR count). The SMILES string of the molecule is COC(=O)CC[C@@H](C)[C@H]1CC[C@@]2(C)[C@@H]3C(=O)C[C@H]4C(C)(C)[C@@H](OC(C)=O)CC[C@]4(C)[C@H]3C(=O)C[C@]12C. The van der Waals surface area contributed by atoms with Crippen LogP contribution in [-0.4, -0.2) is 36.7 Å². The number of carbonyl (C=O) groups is 4. The van der Waals surface area contributed by atoms with Crippen LogP contribution in [0.15, 0.2) is 0 Å². The van der Waals surface area contributed by atoms with Crippen molar-refractivity contribution in [2.75, 3.05) is 7.11 Å². The highest BCUT2D eigenvalue weighted by atomic mass is 16.5. The van der Waals surface area contributed by atoms with Crippen molar-refractivity contribution < 1.29 is 28.7 Å². The van der Waals surface area contributed by atoms with Crippen LogP contribution in [0.25, 0.3) is 0 Å². The number of hydrogen-bond donors (Lipinski definition) is 0. The fourth-order valence-electron chi connectivity index (χ4n) is 9.87. The fourth-order valence-corrected chi connectivity index (χ4v) is 9.87. The molecule has 0 aromatic heterocycles. The number of rotatable bonds is 5. The van der Waals surface area contributed by atoms with E-state index in [4.69, 9.17) is 9.47 Å². The zero-order valence-corrected chi connectivity index (χ0v) is 23.6. The van der Waals surface area contributed by atoms with Gasteiger partial charge in [0.15, 0.2) is 0 Å². The molecule has 0 N–H and O–H groups in total. The Morgan fingerprint density at radius 3 is 2.25 bits per heavy atom. The largest absolute Gasteiger partial charge is 0.469 e. The summed E-state index contributed by atoms with van der Waals surface area (Å²) in [7, 11) is 1.42. The van der Waals surface area contributed by atoms with Gasteiger partial charge >= 0.3 is 11.9 Å². The molecule has 0 unspecified atom stereocenters. The topological polar surface area (TPSA) is 86.7 Å². The lowest BCUT2D eigenvalue weighted by Gasteiger charge is -2.65. The lowest BCUT2D eigenvalue weighted by atomic mass is 9.37. The maximum atomic E-state index is 14.2. The Morgan fingerprint density at radius 2 is 1.64 bits per heavy atom. The van der Waals surface area contributed by atoms with Crippen LogP contribution >= 0.6 is 0 Å². The van der Waals surface area contributed by atoms with E-state index in [9.17, 15) is 19.2 Å². The molecule has 0 bridgehead atoms. The van der Waals surface area contributed by atoms with Gasteiger partial charge in [0, 0.05) is 43.4 Å². The van der Waals surface area contributed by atoms with Crippen molar-refractivity contribution in [3.8, 4) is 0 Å². The third kappa shape index (κ3) is 3.79. The second kappa shape index (κ2) is 8.94. The van der Waals surface area contributed by atoms with Crippen molar-refractivity contribution in [2.24, 2.45) is 51.2 Å². The van der Waals surface area contributed by atoms with Gasteiger partial charge in [0.2, 0.25) is 0 Å². The number of fused-ring (bicyclic) bond motifs is 5. The van der Waals surface area contributed by atoms with Crippen molar-refractivity contribution >= 4 is 23.5 Å². The molecule has 0 aromatic rings. The Hall–Kier alpha value is -1.72. The monoisotopic (exact) mass is 502 g/mol. The summed E-state index contributed by atoms with van der Waals surface area (Å²) in [5, 5.41) is 0. The van der Waals surface area contributed by atoms with Crippen LogP contribution in [0.4, 0.5) is 0 Å². The molecule has 4 fully saturated rings. The molecule has 0 radical (unpaired) electrons. The second-order valence-electron chi connectivity index (χ2n) is 13.9. The average Bonchev–Trinajstić information content (AvgIpc) is 3.06. The average molecular weight is 503 g/mol. The van der Waals surface area contributed by atoms with Gasteiger partial charge < -0.3 is 9.47 Å². The van der Waals surface area contributed by atoms with Gasteiger partial charge in [0.1, 0.15) is 17.7 Å². The highest BCUT2D eigenvalue weighted by Crippen LogP contribution is 2.73. The van der Waals surface area contributed by atoms with Gasteiger partial charge in [0.05, 0.1) is 7.11 Å². The molecule has 6 nitrogen and oxygen atoms in total. The number of Topliss-reactive ketones (excluding diaryl/α,β-unsaturated/α-hetero) is 2. The van der Waals surface area contributed by atoms with Gasteiger partial charge in [-0.2, -0.15) is 0 Å². The standard InChI is InChI=1S/C30H46O6/c1-17(9-10-24(34)35-8)19-11-14-29(6)26-20(32)15-22-27(3,4)23(36-18(2)31)12-13-28(22,5)25(26)21(33)16-30(19,29)7/h17,19,22-23,25-26H,9-16H2,1-8H3/t17-,19-,22+,23+,25+,26-,28+,29+,30-/m1/s1. The normalized spacial score (nSPS) is 44.2. The lowest BCUT2D eigenvalue weighted by molar-refractivity contribution is -0.206. The summed E-state index contributed by atoms with van der Waals surface area (Å²) < 4.78 is 10.6. The van der Waals surface area contributed by atoms with Crippen LogP contribution in [-0.2, 0) is 28.7 Å². The Bertz CT molecular complexity index is 953. The summed E-state index contributed by atoms with van der Waals surface area (Å²) in [5.41, 5.74) is -1.15. The molecule has 9 atom stereocenters. The van der Waals surface area contributed by atoms with Crippen molar-refractivity contribution in [3.05, 3.63) is 0 Å². The number of carbonyl (C=O) groups excluding carboxylic acids is 4. The minimum atomic E-state index is -0.373. The van der Waals surface area contributed by atoms with Crippen molar-refractivity contribution in [1.82, 2.24) is 0 Å². The first kappa shape index (κ1) is 27.3. The van der Waals surface area contributed by atoms with E-state index in [1.165, 1.54) is 14.0 Å². The molecule has 0 aromatic carbocycles. The Kier molecular flexibility index (Phi) is 6.78. The quantitative estimate of drug-likeness (QED) is 0.458. The smallest absolute Gasteiger partial charge is 0.305 e. The van der Waals surface area contributed by atoms with E-state index in [-0.39, 0.29) is 74.9 Å². The Morgan fingerprint density at radius 1 is 0.972 bits per heavy atom. The minimum Gasteiger partial charge on any atom is -0.469 e. The predicted molar refractivity (Wildman–Crippen MR) is 136 cm³/mol. The summed E-state index contributed by atoms with van der Waals surface area (Å²) >= 11 is 0. The second-order valence-corrected chi connectivity index (χ2v) is 13.9. The Balaban J connectivity index is 1.67. The van der Waals surface area contributed by atoms with E-state index in [1.54, 1.807) is 0 Å². The van der Waals surface area contributed by atoms with Gasteiger partial charge in [-0.15, -0.1) is 0 Å². The van der Waals surface area contributed by atoms with Crippen molar-refractivity contribution in [1.29, 1.82) is 0 Å². The van der Waals surface area contributed by atoms with E-state index in [0.29, 0.717) is 25.2 Å². The molecule has 4 aliphatic rings. The van der Waals surface area contributed by atoms with E-state index in [0.717, 1.165) is 32.1 Å². The van der Waals surface area contributed by atoms with Gasteiger partial charge in [0.25, 0.3) is 0 Å². The highest BCUT2D eigenvalue weighted by molar-refractivity contribution is 5.95. The van der Waals surface area contributed by atoms with Gasteiger partial charge in [-0.1, -0.05) is 41.5 Å². The molecule has 0 saturated heterocycles. The first-order valence-corrected chi connectivity index (χ1v) is 13.9. The molecule has 4 aliphatic carbocycles. The van der Waals surface area contributed by atoms with E-state index < -0.39 is 0 Å². The summed E-state index contributed by atoms with van der Waals surface area (Å²) in [6, 6.07) is 0. The third-order valence-electron chi connectivity index (χ3n) is 12.0. The zero-order chi connectivity index (χ0) is 26.8. The summed E-state index contributed by atoms with van der Waals surface area (Å²) in [6.45, 7) is 14.6. The number of ether oxygens (including phenoxy) is 2. The lowest BCUT2D eigenvalue weighted by Crippen LogP contribution is -2.67. The molecule has 0 spiro atoms. The first-order chi connectivity index (χ1) is 16.6. The first-order valence-electron chi connectivity index (χ1n) is 13.9. The molecule has 0 aliphatic heterocycles. The van der Waals surface area contributed by atoms with Gasteiger partial charge in [-0.3, -0.25) is 19.2 Å². The molecular weight excluding hydrogens is 456 g/mol. The maximum Gasteiger partial charge on any atom is 0.305 e. The highest BCUT2D eigenvalue weighted by Gasteiger charge is 2.72. The fraction of sp³-hybridized carbons (Fsp3) is 0.867.